The quantitative estimate of drug-likeness (QED) is 0.231. The van der Waals surface area contributed by atoms with Crippen LogP contribution in [-0.2, 0) is 0 Å². The molecule has 0 unspecified atom stereocenters. The Balaban J connectivity index is -0.0000000114. The van der Waals surface area contributed by atoms with Gasteiger partial charge in [-0.2, -0.15) is 0 Å². The number of hydrogen-bond donors (Lipinski definition) is 0. The lowest BCUT2D eigenvalue weighted by atomic mass is 10.2. The highest BCUT2D eigenvalue weighted by Gasteiger charge is 1.72. The first kappa shape index (κ1) is 176. The van der Waals surface area contributed by atoms with Gasteiger partial charge in [0.25, 0.3) is 0 Å². The van der Waals surface area contributed by atoms with Crippen LogP contribution in [0.15, 0.2) is 66.7 Å². The Bertz CT molecular complexity index is 384. The predicted molar refractivity (Wildman–Crippen MR) is 207 cm³/mol. The summed E-state index contributed by atoms with van der Waals surface area (Å²) >= 11 is 0. The van der Waals surface area contributed by atoms with Crippen LogP contribution in [0.1, 0.15) is 142 Å². The second-order valence-electron chi connectivity index (χ2n) is 5.64. The third-order valence-electron chi connectivity index (χ3n) is 1.61. The summed E-state index contributed by atoms with van der Waals surface area (Å²) < 4.78 is 272. The molecule has 0 aliphatic heterocycles. The molecule has 0 aromatic heterocycles. The number of benzene rings is 2. The molecule has 2 rings (SSSR count). The zero-order valence-electron chi connectivity index (χ0n) is 39.9. The fourth-order valence-electron chi connectivity index (χ4n) is 0.919. The van der Waals surface area contributed by atoms with E-state index in [9.17, 15) is 0 Å². The molecule has 2 aromatic carbocycles. The molecule has 0 aliphatic rings. The fraction of sp³-hybridized carbons (Fsp3) is 0.636. The number of rotatable bonds is 0. The second kappa shape index (κ2) is 1240. The summed E-state index contributed by atoms with van der Waals surface area (Å²) in [7, 11) is 0. The van der Waals surface area contributed by atoms with Gasteiger partial charge in [-0.1, -0.05) is 209 Å². The molecule has 0 nitrogen and oxygen atoms in total. The van der Waals surface area contributed by atoms with Gasteiger partial charge in [-0.15, -0.1) is 0 Å². The average Bonchev–Trinajstić information content (AvgIpc) is 3.49. The normalized spacial score (nSPS) is 4.51. The first-order chi connectivity index (χ1) is 33.1. The maximum atomic E-state index is 8.00. The van der Waals surface area contributed by atoms with E-state index in [1.165, 1.54) is 31.2 Å². The average molecular weight is 1130 g/mol. The van der Waals surface area contributed by atoms with Gasteiger partial charge < -0.3 is 0 Å². The molecule has 68 heavy (non-hydrogen) atoms. The van der Waals surface area contributed by atoms with Crippen molar-refractivity contribution in [1.82, 2.24) is 0 Å². The van der Waals surface area contributed by atoms with Crippen molar-refractivity contribution >= 4 is 0 Å². The fourth-order valence-corrected chi connectivity index (χ4v) is 0.919. The van der Waals surface area contributed by atoms with Gasteiger partial charge >= 0.3 is 0 Å². The highest BCUT2D eigenvalue weighted by Crippen LogP contribution is 1.92. The Morgan fingerprint density at radius 2 is 0.265 bits per heavy atom. The molecule has 0 spiro atoms. The topological polar surface area (TPSA) is 0 Å². The zero-order chi connectivity index (χ0) is 62.2. The highest BCUT2D eigenvalue weighted by molar-refractivity contribution is 5.11. The van der Waals surface area contributed by atoms with Crippen LogP contribution in [0, 0.1) is 6.92 Å². The third kappa shape index (κ3) is 2310. The number of aryl methyl sites for hydroxylation is 1. The van der Waals surface area contributed by atoms with E-state index in [1.54, 1.807) is 0 Å². The lowest BCUT2D eigenvalue weighted by Gasteiger charge is -1.82. The summed E-state index contributed by atoms with van der Waals surface area (Å²) in [5, 5.41) is 0. The minimum Gasteiger partial charge on any atom is -0.269 e. The van der Waals surface area contributed by atoms with Gasteiger partial charge in [0.1, 0.15) is 0 Å². The van der Waals surface area contributed by atoms with Crippen LogP contribution < -0.4 is 0 Å². The summed E-state index contributed by atoms with van der Waals surface area (Å²) in [6.45, 7) is 35.1. The summed E-state index contributed by atoms with van der Waals surface area (Å²) in [5.41, 5.74) is 1.32. The van der Waals surface area contributed by atoms with E-state index in [-0.39, 0.29) is 4.70 Å². The number of halogens is 35. The SMILES string of the molecule is CC.CC.CC.CC.CCC.CCC.CCC.CCC.Cc1ccccc1.F.FF.FF.FF.FF.FF.FF.FF.FF.FF.FF.FF.FF.FF.FF.FF.FF.FF.c1ccccc1. The van der Waals surface area contributed by atoms with E-state index >= 15 is 0 Å². The van der Waals surface area contributed by atoms with Crippen LogP contribution in [-0.4, -0.2) is 0 Å². The van der Waals surface area contributed by atoms with Gasteiger partial charge in [0.05, 0.1) is 0 Å². The van der Waals surface area contributed by atoms with E-state index in [0.717, 1.165) is 0 Å². The molecule has 35 heteroatoms. The Hall–Kier alpha value is -4.01. The van der Waals surface area contributed by atoms with Crippen LogP contribution in [0.25, 0.3) is 0 Å². The molecule has 0 N–H and O–H groups in total. The maximum Gasteiger partial charge on any atom is 0 e. The van der Waals surface area contributed by atoms with Crippen molar-refractivity contribution < 1.29 is 160 Å². The second-order valence-corrected chi connectivity index (χ2v) is 5.64. The Kier molecular flexibility index (Phi) is 3200. The van der Waals surface area contributed by atoms with Crippen LogP contribution in [0.5, 0.6) is 0 Å². The summed E-state index contributed by atoms with van der Waals surface area (Å²) in [4.78, 5) is 0. The van der Waals surface area contributed by atoms with Gasteiger partial charge in [0.2, 0.25) is 0 Å². The van der Waals surface area contributed by atoms with Gasteiger partial charge in [-0.25, -0.2) is 0 Å². The first-order valence-corrected chi connectivity index (χ1v) is 16.5. The van der Waals surface area contributed by atoms with Crippen molar-refractivity contribution in [2.45, 2.75) is 143 Å². The van der Waals surface area contributed by atoms with E-state index in [4.69, 9.17) is 156 Å². The monoisotopic (exact) mass is 1130 g/mol. The van der Waals surface area contributed by atoms with Crippen molar-refractivity contribution in [3.8, 4) is 0 Å². The van der Waals surface area contributed by atoms with Crippen LogP contribution >= 0.6 is 0 Å². The van der Waals surface area contributed by atoms with E-state index in [2.05, 4.69) is 74.4 Å². The van der Waals surface area contributed by atoms with Crippen LogP contribution in [0.2, 0.25) is 0 Å². The van der Waals surface area contributed by atoms with Gasteiger partial charge in [0.15, 0.2) is 0 Å². The molecular formula is C33H71F35. The van der Waals surface area contributed by atoms with E-state index < -0.39 is 0 Å². The molecule has 0 aliphatic carbocycles. The van der Waals surface area contributed by atoms with Gasteiger partial charge in [-0.05, 0) is 6.92 Å². The molecule has 0 atom stereocenters. The molecule has 0 bridgehead atoms. The maximum absolute atomic E-state index is 8.00. The largest absolute Gasteiger partial charge is 0.269 e. The standard InChI is InChI=1S/C7H8.C6H6.4C3H8.4C2H6.17F2.FH/c1-7-5-3-2-4-6-7;1-2-4-6-5-3-1;4*1-3-2;21*1-2;/h2-6H,1H3;1-6H;4*3H2,1-2H3;4*1-2H3;;;;;;;;;;;;;;;;;;1H. The Morgan fingerprint density at radius 1 is 0.206 bits per heavy atom. The first-order valence-electron chi connectivity index (χ1n) is 16.5. The van der Waals surface area contributed by atoms with Crippen molar-refractivity contribution in [2.75, 3.05) is 0 Å². The van der Waals surface area contributed by atoms with E-state index in [1.807, 2.05) is 110 Å². The third-order valence-corrected chi connectivity index (χ3v) is 1.61. The molecule has 0 heterocycles. The van der Waals surface area contributed by atoms with Crippen LogP contribution in [0.3, 0.4) is 0 Å². The zero-order valence-corrected chi connectivity index (χ0v) is 39.9. The lowest BCUT2D eigenvalue weighted by Crippen LogP contribution is -1.62. The molecule has 0 saturated carbocycles. The van der Waals surface area contributed by atoms with E-state index in [0.29, 0.717) is 0 Å². The summed E-state index contributed by atoms with van der Waals surface area (Å²) in [5.74, 6) is 0. The smallest absolute Gasteiger partial charge is 0 e. The number of hydrogen-bond acceptors (Lipinski definition) is 0. The van der Waals surface area contributed by atoms with Crippen molar-refractivity contribution in [1.29, 1.82) is 0 Å². The molecule has 2 aromatic rings. The van der Waals surface area contributed by atoms with Gasteiger partial charge in [-0.3, -0.25) is 4.70 Å². The van der Waals surface area contributed by atoms with Crippen molar-refractivity contribution in [3.63, 3.8) is 0 Å². The molecule has 0 fully saturated rings. The van der Waals surface area contributed by atoms with Crippen LogP contribution in [0.4, 0.5) is 160 Å². The highest BCUT2D eigenvalue weighted by atomic mass is 20.0. The molecule has 0 saturated heterocycles. The predicted octanol–water partition coefficient (Wildman–Crippen LogP) is 27.9. The lowest BCUT2D eigenvalue weighted by molar-refractivity contribution is 0.108. The molecule has 0 radical (unpaired) electrons. The Morgan fingerprint density at radius 3 is 0.309 bits per heavy atom. The molecule has 448 valence electrons. The van der Waals surface area contributed by atoms with Crippen molar-refractivity contribution in [3.05, 3.63) is 72.3 Å². The van der Waals surface area contributed by atoms with Gasteiger partial charge in [0, 0.05) is 156 Å². The Labute approximate surface area is 376 Å². The molecular weight excluding hydrogens is 1060 g/mol. The minimum atomic E-state index is 0. The van der Waals surface area contributed by atoms with Crippen molar-refractivity contribution in [2.24, 2.45) is 0 Å². The minimum absolute atomic E-state index is 0. The summed E-state index contributed by atoms with van der Waals surface area (Å²) in [6.07, 6.45) is 5.00. The summed E-state index contributed by atoms with van der Waals surface area (Å²) in [6, 6.07) is 22.3. The molecule has 0 amide bonds.